The van der Waals surface area contributed by atoms with Gasteiger partial charge in [-0.3, -0.25) is 0 Å². The maximum Gasteiger partial charge on any atom is 0.0728 e. The predicted molar refractivity (Wildman–Crippen MR) is 47.5 cm³/mol. The molecular formula is C10H13NO. The number of ether oxygens (including phenoxy) is 1. The van der Waals surface area contributed by atoms with Crippen LogP contribution in [0.15, 0.2) is 18.2 Å². The van der Waals surface area contributed by atoms with Crippen LogP contribution >= 0.6 is 0 Å². The standard InChI is InChI=1S/C10H13NO/c1-7(11)9-4-2-3-8-5-12-6-10(8)9/h2-4,7H,5-6,11H2,1H3/t7-/m0/s1. The molecule has 1 aromatic carbocycles. The van der Waals surface area contributed by atoms with Crippen molar-refractivity contribution in [2.75, 3.05) is 0 Å². The van der Waals surface area contributed by atoms with Crippen molar-refractivity contribution >= 4 is 0 Å². The highest BCUT2D eigenvalue weighted by molar-refractivity contribution is 5.37. The van der Waals surface area contributed by atoms with Crippen molar-refractivity contribution in [3.63, 3.8) is 0 Å². The van der Waals surface area contributed by atoms with E-state index in [0.717, 1.165) is 13.2 Å². The van der Waals surface area contributed by atoms with Crippen molar-refractivity contribution < 1.29 is 4.74 Å². The van der Waals surface area contributed by atoms with Gasteiger partial charge in [0, 0.05) is 6.04 Å². The number of benzene rings is 1. The molecule has 0 unspecified atom stereocenters. The minimum absolute atomic E-state index is 0.113. The molecule has 1 aromatic rings. The Kier molecular flexibility index (Phi) is 1.87. The van der Waals surface area contributed by atoms with Gasteiger partial charge in [-0.2, -0.15) is 0 Å². The summed E-state index contributed by atoms with van der Waals surface area (Å²) in [7, 11) is 0. The number of nitrogens with two attached hydrogens (primary N) is 1. The van der Waals surface area contributed by atoms with Gasteiger partial charge in [-0.1, -0.05) is 18.2 Å². The maximum atomic E-state index is 5.83. The molecule has 0 spiro atoms. The van der Waals surface area contributed by atoms with E-state index >= 15 is 0 Å². The Labute approximate surface area is 72.3 Å². The molecule has 1 aliphatic rings. The first-order valence-corrected chi connectivity index (χ1v) is 4.23. The average Bonchev–Trinajstić information content (AvgIpc) is 2.49. The third-order valence-corrected chi connectivity index (χ3v) is 2.30. The Morgan fingerprint density at radius 2 is 2.25 bits per heavy atom. The van der Waals surface area contributed by atoms with E-state index in [9.17, 15) is 0 Å². The van der Waals surface area contributed by atoms with Gasteiger partial charge in [0.2, 0.25) is 0 Å². The summed E-state index contributed by atoms with van der Waals surface area (Å²) in [6.45, 7) is 3.48. The summed E-state index contributed by atoms with van der Waals surface area (Å²) in [5, 5.41) is 0. The van der Waals surface area contributed by atoms with Gasteiger partial charge in [0.15, 0.2) is 0 Å². The topological polar surface area (TPSA) is 35.2 Å². The minimum Gasteiger partial charge on any atom is -0.372 e. The Hall–Kier alpha value is -0.860. The third kappa shape index (κ3) is 1.13. The second kappa shape index (κ2) is 2.88. The zero-order valence-electron chi connectivity index (χ0n) is 7.21. The molecule has 0 saturated carbocycles. The van der Waals surface area contributed by atoms with E-state index in [1.165, 1.54) is 16.7 Å². The predicted octanol–water partition coefficient (Wildman–Crippen LogP) is 1.74. The summed E-state index contributed by atoms with van der Waals surface area (Å²) < 4.78 is 5.35. The second-order valence-corrected chi connectivity index (χ2v) is 3.27. The van der Waals surface area contributed by atoms with E-state index in [4.69, 9.17) is 10.5 Å². The first kappa shape index (κ1) is 7.77. The molecule has 0 aromatic heterocycles. The fraction of sp³-hybridized carbons (Fsp3) is 0.400. The van der Waals surface area contributed by atoms with E-state index in [1.807, 2.05) is 13.0 Å². The van der Waals surface area contributed by atoms with E-state index in [2.05, 4.69) is 12.1 Å². The van der Waals surface area contributed by atoms with E-state index in [-0.39, 0.29) is 6.04 Å². The lowest BCUT2D eigenvalue weighted by molar-refractivity contribution is 0.134. The highest BCUT2D eigenvalue weighted by atomic mass is 16.5. The van der Waals surface area contributed by atoms with Gasteiger partial charge in [-0.15, -0.1) is 0 Å². The van der Waals surface area contributed by atoms with Crippen LogP contribution in [0.4, 0.5) is 0 Å². The first-order chi connectivity index (χ1) is 5.79. The van der Waals surface area contributed by atoms with Crippen LogP contribution in [-0.4, -0.2) is 0 Å². The van der Waals surface area contributed by atoms with Gasteiger partial charge >= 0.3 is 0 Å². The number of hydrogen-bond acceptors (Lipinski definition) is 2. The van der Waals surface area contributed by atoms with Crippen LogP contribution in [0.2, 0.25) is 0 Å². The molecule has 12 heavy (non-hydrogen) atoms. The largest absolute Gasteiger partial charge is 0.372 e. The maximum absolute atomic E-state index is 5.83. The second-order valence-electron chi connectivity index (χ2n) is 3.27. The van der Waals surface area contributed by atoms with Crippen molar-refractivity contribution in [1.29, 1.82) is 0 Å². The molecule has 0 amide bonds. The van der Waals surface area contributed by atoms with Crippen LogP contribution in [0.25, 0.3) is 0 Å². The van der Waals surface area contributed by atoms with E-state index in [0.29, 0.717) is 0 Å². The fourth-order valence-corrected chi connectivity index (χ4v) is 1.66. The smallest absolute Gasteiger partial charge is 0.0728 e. The third-order valence-electron chi connectivity index (χ3n) is 2.30. The lowest BCUT2D eigenvalue weighted by Crippen LogP contribution is -2.07. The highest BCUT2D eigenvalue weighted by Gasteiger charge is 2.15. The molecule has 2 nitrogen and oxygen atoms in total. The van der Waals surface area contributed by atoms with Crippen LogP contribution in [0, 0.1) is 0 Å². The summed E-state index contributed by atoms with van der Waals surface area (Å²) in [5.74, 6) is 0. The summed E-state index contributed by atoms with van der Waals surface area (Å²) in [6, 6.07) is 6.35. The normalized spacial score (nSPS) is 17.5. The van der Waals surface area contributed by atoms with Crippen molar-refractivity contribution in [2.45, 2.75) is 26.2 Å². The summed E-state index contributed by atoms with van der Waals surface area (Å²) in [6.07, 6.45) is 0. The lowest BCUT2D eigenvalue weighted by Gasteiger charge is -2.09. The molecule has 1 heterocycles. The monoisotopic (exact) mass is 163 g/mol. The molecule has 2 heteroatoms. The molecule has 2 N–H and O–H groups in total. The van der Waals surface area contributed by atoms with Crippen molar-refractivity contribution in [2.24, 2.45) is 5.73 Å². The molecule has 1 aliphatic heterocycles. The molecule has 0 saturated heterocycles. The van der Waals surface area contributed by atoms with Crippen LogP contribution in [0.1, 0.15) is 29.7 Å². The van der Waals surface area contributed by atoms with Crippen LogP contribution in [0.5, 0.6) is 0 Å². The Bertz CT molecular complexity index is 294. The molecule has 0 aliphatic carbocycles. The summed E-state index contributed by atoms with van der Waals surface area (Å²) in [5.41, 5.74) is 9.65. The van der Waals surface area contributed by atoms with Crippen LogP contribution in [0.3, 0.4) is 0 Å². The van der Waals surface area contributed by atoms with Gasteiger partial charge in [0.05, 0.1) is 13.2 Å². The van der Waals surface area contributed by atoms with Crippen molar-refractivity contribution in [3.8, 4) is 0 Å². The van der Waals surface area contributed by atoms with Gasteiger partial charge < -0.3 is 10.5 Å². The van der Waals surface area contributed by atoms with Crippen molar-refractivity contribution in [3.05, 3.63) is 34.9 Å². The van der Waals surface area contributed by atoms with Crippen LogP contribution < -0.4 is 5.73 Å². The molecule has 2 rings (SSSR count). The Morgan fingerprint density at radius 1 is 1.42 bits per heavy atom. The van der Waals surface area contributed by atoms with Gasteiger partial charge in [0.25, 0.3) is 0 Å². The zero-order valence-corrected chi connectivity index (χ0v) is 7.21. The van der Waals surface area contributed by atoms with Gasteiger partial charge in [-0.05, 0) is 23.6 Å². The zero-order chi connectivity index (χ0) is 8.55. The minimum atomic E-state index is 0.113. The summed E-state index contributed by atoms with van der Waals surface area (Å²) >= 11 is 0. The molecule has 1 atom stereocenters. The molecule has 0 bridgehead atoms. The molecule has 0 fully saturated rings. The number of rotatable bonds is 1. The fourth-order valence-electron chi connectivity index (χ4n) is 1.66. The first-order valence-electron chi connectivity index (χ1n) is 4.23. The Morgan fingerprint density at radius 3 is 3.00 bits per heavy atom. The molecular weight excluding hydrogens is 150 g/mol. The molecule has 0 radical (unpaired) electrons. The quantitative estimate of drug-likeness (QED) is 0.684. The lowest BCUT2D eigenvalue weighted by atomic mass is 9.99. The van der Waals surface area contributed by atoms with Gasteiger partial charge in [0.1, 0.15) is 0 Å². The van der Waals surface area contributed by atoms with Crippen molar-refractivity contribution in [1.82, 2.24) is 0 Å². The molecule has 64 valence electrons. The van der Waals surface area contributed by atoms with E-state index in [1.54, 1.807) is 0 Å². The van der Waals surface area contributed by atoms with E-state index < -0.39 is 0 Å². The van der Waals surface area contributed by atoms with Gasteiger partial charge in [-0.25, -0.2) is 0 Å². The SMILES string of the molecule is C[C@H](N)c1cccc2c1COC2. The number of hydrogen-bond donors (Lipinski definition) is 1. The number of fused-ring (bicyclic) bond motifs is 1. The van der Waals surface area contributed by atoms with Crippen LogP contribution in [-0.2, 0) is 18.0 Å². The summed E-state index contributed by atoms with van der Waals surface area (Å²) in [4.78, 5) is 0. The highest BCUT2D eigenvalue weighted by Crippen LogP contribution is 2.26. The average molecular weight is 163 g/mol. The Balaban J connectivity index is 2.49.